The fourth-order valence-corrected chi connectivity index (χ4v) is 4.35. The number of nitrogens with zero attached hydrogens (tertiary/aromatic N) is 5. The molecule has 0 saturated carbocycles. The monoisotopic (exact) mass is 474 g/mol. The van der Waals surface area contributed by atoms with Gasteiger partial charge in [-0.2, -0.15) is 10.1 Å². The number of hydrogen-bond donors (Lipinski definition) is 2. The van der Waals surface area contributed by atoms with Gasteiger partial charge in [-0.3, -0.25) is 4.79 Å². The van der Waals surface area contributed by atoms with Crippen LogP contribution in [0, 0.1) is 13.8 Å². The zero-order valence-corrected chi connectivity index (χ0v) is 19.8. The molecule has 0 saturated heterocycles. The Labute approximate surface area is 199 Å². The molecule has 4 aromatic heterocycles. The smallest absolute Gasteiger partial charge is 0.259 e. The van der Waals surface area contributed by atoms with Gasteiger partial charge in [0.2, 0.25) is 11.7 Å². The summed E-state index contributed by atoms with van der Waals surface area (Å²) in [7, 11) is 0. The second-order valence-electron chi connectivity index (χ2n) is 8.52. The molecule has 34 heavy (non-hydrogen) atoms. The fraction of sp³-hybridized carbons (Fsp3) is 0.208. The molecule has 0 unspecified atom stereocenters. The van der Waals surface area contributed by atoms with E-state index in [-0.39, 0.29) is 5.91 Å². The highest BCUT2D eigenvalue weighted by atomic mass is 32.1. The van der Waals surface area contributed by atoms with Crippen LogP contribution in [-0.2, 0) is 5.60 Å². The number of carbonyl (C=O) groups excluding carboxylic acids is 1. The quantitative estimate of drug-likeness (QED) is 0.382. The first-order valence-corrected chi connectivity index (χ1v) is 11.5. The fourth-order valence-electron chi connectivity index (χ4n) is 3.50. The highest BCUT2D eigenvalue weighted by molar-refractivity contribution is 7.10. The maximum Gasteiger partial charge on any atom is 0.259 e. The molecule has 0 radical (unpaired) electrons. The molecule has 10 heteroatoms. The third kappa shape index (κ3) is 4.09. The number of hydrogen-bond acceptors (Lipinski definition) is 8. The summed E-state index contributed by atoms with van der Waals surface area (Å²) in [5, 5.41) is 24.0. The largest absolute Gasteiger partial charge is 0.383 e. The van der Waals surface area contributed by atoms with Crippen molar-refractivity contribution in [3.05, 3.63) is 70.1 Å². The van der Waals surface area contributed by atoms with Gasteiger partial charge in [-0.05, 0) is 44.5 Å². The first kappa shape index (κ1) is 21.9. The van der Waals surface area contributed by atoms with E-state index in [9.17, 15) is 9.90 Å². The third-order valence-corrected chi connectivity index (χ3v) is 6.51. The minimum absolute atomic E-state index is 0.273. The number of aromatic nitrogens is 5. The average Bonchev–Trinajstić information content (AvgIpc) is 3.53. The Morgan fingerprint density at radius 2 is 1.94 bits per heavy atom. The van der Waals surface area contributed by atoms with Crippen molar-refractivity contribution in [2.75, 3.05) is 5.32 Å². The summed E-state index contributed by atoms with van der Waals surface area (Å²) in [5.41, 5.74) is 4.01. The molecule has 4 heterocycles. The molecular formula is C24H22N6O3S. The van der Waals surface area contributed by atoms with E-state index in [1.807, 2.05) is 48.8 Å². The Kier molecular flexibility index (Phi) is 5.26. The number of thiazole rings is 1. The molecule has 0 bridgehead atoms. The van der Waals surface area contributed by atoms with E-state index < -0.39 is 5.60 Å². The summed E-state index contributed by atoms with van der Waals surface area (Å²) < 4.78 is 6.71. The third-order valence-electron chi connectivity index (χ3n) is 5.36. The minimum atomic E-state index is -0.998. The predicted octanol–water partition coefficient (Wildman–Crippen LogP) is 4.60. The highest BCUT2D eigenvalue weighted by Gasteiger charge is 2.21. The summed E-state index contributed by atoms with van der Waals surface area (Å²) in [6.45, 7) is 7.06. The molecular weight excluding hydrogens is 452 g/mol. The molecule has 0 fully saturated rings. The van der Waals surface area contributed by atoms with Crippen LogP contribution in [0.3, 0.4) is 0 Å². The Hall–Kier alpha value is -3.89. The van der Waals surface area contributed by atoms with Gasteiger partial charge in [0.25, 0.3) is 5.91 Å². The lowest BCUT2D eigenvalue weighted by Gasteiger charge is -2.12. The Morgan fingerprint density at radius 1 is 1.15 bits per heavy atom. The summed E-state index contributed by atoms with van der Waals surface area (Å²) in [6, 6.07) is 9.33. The number of rotatable bonds is 5. The van der Waals surface area contributed by atoms with E-state index in [0.29, 0.717) is 33.5 Å². The van der Waals surface area contributed by atoms with Crippen molar-refractivity contribution in [2.45, 2.75) is 33.3 Å². The first-order chi connectivity index (χ1) is 16.2. The molecule has 2 N–H and O–H groups in total. The second kappa shape index (κ2) is 8.15. The maximum atomic E-state index is 13.1. The van der Waals surface area contributed by atoms with Gasteiger partial charge in [0, 0.05) is 35.3 Å². The van der Waals surface area contributed by atoms with Crippen LogP contribution in [0.25, 0.3) is 28.2 Å². The van der Waals surface area contributed by atoms with Crippen molar-refractivity contribution >= 4 is 28.4 Å². The van der Waals surface area contributed by atoms with Crippen LogP contribution in [0.1, 0.15) is 40.7 Å². The van der Waals surface area contributed by atoms with Gasteiger partial charge in [0.05, 0.1) is 23.0 Å². The number of nitrogens with one attached hydrogen (secondary N) is 1. The summed E-state index contributed by atoms with van der Waals surface area (Å²) in [4.78, 5) is 21.9. The van der Waals surface area contributed by atoms with Crippen LogP contribution in [0.2, 0.25) is 0 Å². The Bertz CT molecular complexity index is 1530. The van der Waals surface area contributed by atoms with Gasteiger partial charge in [0.15, 0.2) is 0 Å². The maximum absolute atomic E-state index is 13.1. The number of benzene rings is 1. The number of carbonyl (C=O) groups is 1. The predicted molar refractivity (Wildman–Crippen MR) is 129 cm³/mol. The molecule has 5 aromatic rings. The number of anilines is 1. The van der Waals surface area contributed by atoms with E-state index >= 15 is 0 Å². The van der Waals surface area contributed by atoms with Crippen molar-refractivity contribution in [2.24, 2.45) is 0 Å². The SMILES string of the molecule is Cc1nc(-c2ccc(C)c(NC(=O)c3cnn4cc(-c5csc(C(C)(C)O)n5)ccc34)c2)no1. The van der Waals surface area contributed by atoms with Crippen LogP contribution in [0.15, 0.2) is 52.6 Å². The van der Waals surface area contributed by atoms with Crippen LogP contribution in [0.4, 0.5) is 5.69 Å². The highest BCUT2D eigenvalue weighted by Crippen LogP contribution is 2.29. The number of fused-ring (bicyclic) bond motifs is 1. The molecule has 1 aromatic carbocycles. The molecule has 1 amide bonds. The Balaban J connectivity index is 1.42. The van der Waals surface area contributed by atoms with Gasteiger partial charge in [-0.1, -0.05) is 17.3 Å². The normalized spacial score (nSPS) is 11.8. The van der Waals surface area contributed by atoms with Crippen molar-refractivity contribution in [1.29, 1.82) is 0 Å². The summed E-state index contributed by atoms with van der Waals surface area (Å²) in [6.07, 6.45) is 3.36. The van der Waals surface area contributed by atoms with E-state index in [2.05, 4.69) is 25.5 Å². The number of aliphatic hydroxyl groups is 1. The average molecular weight is 475 g/mol. The van der Waals surface area contributed by atoms with Crippen molar-refractivity contribution in [1.82, 2.24) is 24.7 Å². The number of pyridine rings is 1. The minimum Gasteiger partial charge on any atom is -0.383 e. The van der Waals surface area contributed by atoms with Gasteiger partial charge in [-0.15, -0.1) is 11.3 Å². The Morgan fingerprint density at radius 3 is 2.65 bits per heavy atom. The second-order valence-corrected chi connectivity index (χ2v) is 9.38. The van der Waals surface area contributed by atoms with Crippen molar-refractivity contribution in [3.63, 3.8) is 0 Å². The topological polar surface area (TPSA) is 118 Å². The van der Waals surface area contributed by atoms with Crippen LogP contribution in [0.5, 0.6) is 0 Å². The van der Waals surface area contributed by atoms with E-state index in [1.54, 1.807) is 31.5 Å². The molecule has 0 aliphatic heterocycles. The number of amides is 1. The lowest BCUT2D eigenvalue weighted by molar-refractivity contribution is 0.0783. The van der Waals surface area contributed by atoms with Gasteiger partial charge < -0.3 is 14.9 Å². The standard InChI is InChI=1S/C24H22N6O3S/c1-13-5-6-15(21-26-14(2)33-29-21)9-18(13)27-22(31)17-10-25-30-11-16(7-8-20(17)30)19-12-34-23(28-19)24(3,4)32/h5-12,32H,1-4H3,(H,27,31). The van der Waals surface area contributed by atoms with Gasteiger partial charge >= 0.3 is 0 Å². The van der Waals surface area contributed by atoms with Crippen molar-refractivity contribution in [3.8, 4) is 22.6 Å². The van der Waals surface area contributed by atoms with Gasteiger partial charge in [0.1, 0.15) is 10.6 Å². The lowest BCUT2D eigenvalue weighted by atomic mass is 10.1. The van der Waals surface area contributed by atoms with Crippen LogP contribution >= 0.6 is 11.3 Å². The first-order valence-electron chi connectivity index (χ1n) is 10.6. The number of aryl methyl sites for hydroxylation is 2. The molecule has 0 spiro atoms. The summed E-state index contributed by atoms with van der Waals surface area (Å²) in [5.74, 6) is 0.664. The molecule has 5 rings (SSSR count). The molecule has 172 valence electrons. The zero-order chi connectivity index (χ0) is 24.0. The van der Waals surface area contributed by atoms with E-state index in [4.69, 9.17) is 4.52 Å². The van der Waals surface area contributed by atoms with Crippen LogP contribution < -0.4 is 5.32 Å². The molecule has 0 aliphatic carbocycles. The lowest BCUT2D eigenvalue weighted by Crippen LogP contribution is -2.14. The molecule has 0 atom stereocenters. The van der Waals surface area contributed by atoms with E-state index in [1.165, 1.54) is 11.3 Å². The van der Waals surface area contributed by atoms with Crippen LogP contribution in [-0.4, -0.2) is 35.8 Å². The molecule has 0 aliphatic rings. The van der Waals surface area contributed by atoms with E-state index in [0.717, 1.165) is 22.4 Å². The zero-order valence-electron chi connectivity index (χ0n) is 19.0. The summed E-state index contributed by atoms with van der Waals surface area (Å²) >= 11 is 1.40. The van der Waals surface area contributed by atoms with Crippen molar-refractivity contribution < 1.29 is 14.4 Å². The molecule has 9 nitrogen and oxygen atoms in total. The van der Waals surface area contributed by atoms with Gasteiger partial charge in [-0.25, -0.2) is 9.50 Å².